The van der Waals surface area contributed by atoms with Gasteiger partial charge in [0.2, 0.25) is 5.95 Å². The number of carbonyl (C=O) groups is 1. The van der Waals surface area contributed by atoms with Gasteiger partial charge in [0.25, 0.3) is 0 Å². The largest absolute Gasteiger partial charge is 0.476 e. The highest BCUT2D eigenvalue weighted by atomic mass is 19.1. The van der Waals surface area contributed by atoms with E-state index in [0.29, 0.717) is 28.1 Å². The van der Waals surface area contributed by atoms with Crippen LogP contribution in [0.5, 0.6) is 0 Å². The second kappa shape index (κ2) is 5.59. The fourth-order valence-electron chi connectivity index (χ4n) is 2.76. The van der Waals surface area contributed by atoms with Gasteiger partial charge in [-0.1, -0.05) is 0 Å². The Morgan fingerprint density at radius 3 is 3.04 bits per heavy atom. The fraction of sp³-hybridized carbons (Fsp3) is 0.118. The number of benzene rings is 1. The molecule has 0 atom stereocenters. The van der Waals surface area contributed by atoms with E-state index >= 15 is 0 Å². The number of hydrogen-bond acceptors (Lipinski definition) is 5. The van der Waals surface area contributed by atoms with Crippen molar-refractivity contribution in [3.05, 3.63) is 59.5 Å². The molecule has 0 aliphatic carbocycles. The average molecular weight is 340 g/mol. The summed E-state index contributed by atoms with van der Waals surface area (Å²) in [7, 11) is 0. The summed E-state index contributed by atoms with van der Waals surface area (Å²) >= 11 is 0. The number of carboxylic acid groups (broad SMARTS) is 1. The molecule has 0 radical (unpaired) electrons. The lowest BCUT2D eigenvalue weighted by atomic mass is 10.1. The molecule has 0 unspecified atom stereocenters. The molecular weight excluding hydrogens is 327 g/mol. The molecule has 0 amide bonds. The van der Waals surface area contributed by atoms with Crippen LogP contribution in [0.2, 0.25) is 0 Å². The summed E-state index contributed by atoms with van der Waals surface area (Å²) < 4.78 is 21.0. The number of aromatic carboxylic acids is 1. The molecule has 7 nitrogen and oxygen atoms in total. The van der Waals surface area contributed by atoms with E-state index in [1.165, 1.54) is 18.5 Å². The van der Waals surface area contributed by atoms with E-state index in [1.54, 1.807) is 29.7 Å². The second-order valence-corrected chi connectivity index (χ2v) is 5.60. The Bertz CT molecular complexity index is 1120. The van der Waals surface area contributed by atoms with E-state index in [0.717, 1.165) is 5.56 Å². The number of carboxylic acids is 1. The van der Waals surface area contributed by atoms with Crippen LogP contribution in [0, 0.1) is 12.7 Å². The molecule has 0 saturated carbocycles. The van der Waals surface area contributed by atoms with Gasteiger partial charge in [-0.2, -0.15) is 0 Å². The van der Waals surface area contributed by atoms with E-state index in [-0.39, 0.29) is 18.1 Å². The first kappa shape index (κ1) is 15.1. The molecule has 0 spiro atoms. The smallest absolute Gasteiger partial charge is 0.356 e. The van der Waals surface area contributed by atoms with Crippen LogP contribution in [0.15, 0.2) is 41.3 Å². The number of nitrogens with one attached hydrogen (secondary N) is 1. The summed E-state index contributed by atoms with van der Waals surface area (Å²) in [6.45, 7) is 1.95. The Hall–Kier alpha value is -3.42. The van der Waals surface area contributed by atoms with Gasteiger partial charge in [0.15, 0.2) is 5.69 Å². The van der Waals surface area contributed by atoms with Crippen molar-refractivity contribution in [2.24, 2.45) is 0 Å². The van der Waals surface area contributed by atoms with E-state index in [1.807, 2.05) is 0 Å². The van der Waals surface area contributed by atoms with Gasteiger partial charge in [-0.05, 0) is 25.1 Å². The van der Waals surface area contributed by atoms with Crippen molar-refractivity contribution in [2.45, 2.75) is 13.5 Å². The molecule has 126 valence electrons. The highest BCUT2D eigenvalue weighted by molar-refractivity contribution is 5.86. The van der Waals surface area contributed by atoms with E-state index in [9.17, 15) is 9.18 Å². The van der Waals surface area contributed by atoms with Gasteiger partial charge in [0, 0.05) is 35.5 Å². The first-order chi connectivity index (χ1) is 12.0. The third kappa shape index (κ3) is 2.47. The summed E-state index contributed by atoms with van der Waals surface area (Å²) in [4.78, 5) is 19.5. The Kier molecular flexibility index (Phi) is 3.38. The number of imidazole rings is 1. The molecule has 0 saturated heterocycles. The summed E-state index contributed by atoms with van der Waals surface area (Å²) in [6.07, 6.45) is 4.48. The predicted molar refractivity (Wildman–Crippen MR) is 88.2 cm³/mol. The molecule has 0 fully saturated rings. The van der Waals surface area contributed by atoms with Crippen LogP contribution in [0.1, 0.15) is 21.6 Å². The van der Waals surface area contributed by atoms with Crippen molar-refractivity contribution in [1.82, 2.24) is 14.4 Å². The normalized spacial score (nSPS) is 11.3. The number of nitrogens with zero attached hydrogens (tertiary/aromatic N) is 3. The van der Waals surface area contributed by atoms with Gasteiger partial charge in [-0.15, -0.1) is 0 Å². The monoisotopic (exact) mass is 340 g/mol. The van der Waals surface area contributed by atoms with Crippen LogP contribution in [-0.4, -0.2) is 25.4 Å². The quantitative estimate of drug-likeness (QED) is 0.592. The van der Waals surface area contributed by atoms with Gasteiger partial charge >= 0.3 is 5.97 Å². The summed E-state index contributed by atoms with van der Waals surface area (Å²) in [6, 6.07) is 4.62. The highest BCUT2D eigenvalue weighted by Crippen LogP contribution is 2.24. The Morgan fingerprint density at radius 1 is 1.40 bits per heavy atom. The second-order valence-electron chi connectivity index (χ2n) is 5.60. The van der Waals surface area contributed by atoms with Gasteiger partial charge in [-0.3, -0.25) is 4.40 Å². The summed E-state index contributed by atoms with van der Waals surface area (Å²) in [5.41, 5.74) is 2.18. The van der Waals surface area contributed by atoms with Crippen LogP contribution in [0.4, 0.5) is 10.3 Å². The lowest BCUT2D eigenvalue weighted by molar-refractivity contribution is 0.0691. The summed E-state index contributed by atoms with van der Waals surface area (Å²) in [5, 5.41) is 12.8. The number of rotatable bonds is 4. The lowest BCUT2D eigenvalue weighted by Gasteiger charge is -2.10. The Labute approximate surface area is 140 Å². The number of hydrogen-bond donors (Lipinski definition) is 2. The first-order valence-electron chi connectivity index (χ1n) is 7.51. The SMILES string of the molecule is Cc1cnc(NCc2c(F)ccc3occc23)n2cc(C(=O)O)nc12. The first-order valence-corrected chi connectivity index (χ1v) is 7.51. The Balaban J connectivity index is 1.73. The number of furan rings is 1. The van der Waals surface area contributed by atoms with Crippen LogP contribution in [0.25, 0.3) is 16.6 Å². The summed E-state index contributed by atoms with van der Waals surface area (Å²) in [5.74, 6) is -1.11. The zero-order valence-electron chi connectivity index (χ0n) is 13.2. The van der Waals surface area contributed by atoms with Gasteiger partial charge in [0.1, 0.15) is 17.0 Å². The van der Waals surface area contributed by atoms with Crippen molar-refractivity contribution in [3.63, 3.8) is 0 Å². The number of fused-ring (bicyclic) bond motifs is 2. The molecule has 3 heterocycles. The lowest BCUT2D eigenvalue weighted by Crippen LogP contribution is -2.08. The van der Waals surface area contributed by atoms with E-state index in [4.69, 9.17) is 9.52 Å². The van der Waals surface area contributed by atoms with Crippen molar-refractivity contribution < 1.29 is 18.7 Å². The minimum atomic E-state index is -1.12. The van der Waals surface area contributed by atoms with Crippen LogP contribution in [0.3, 0.4) is 0 Å². The minimum absolute atomic E-state index is 0.0812. The van der Waals surface area contributed by atoms with Crippen molar-refractivity contribution in [2.75, 3.05) is 5.32 Å². The number of halogens is 1. The van der Waals surface area contributed by atoms with E-state index in [2.05, 4.69) is 15.3 Å². The molecule has 4 aromatic rings. The molecule has 3 aromatic heterocycles. The number of aryl methyl sites for hydroxylation is 1. The third-order valence-electron chi connectivity index (χ3n) is 4.00. The molecule has 25 heavy (non-hydrogen) atoms. The maximum Gasteiger partial charge on any atom is 0.356 e. The Morgan fingerprint density at radius 2 is 2.24 bits per heavy atom. The maximum atomic E-state index is 14.2. The predicted octanol–water partition coefficient (Wildman–Crippen LogP) is 3.23. The standard InChI is InChI=1S/C17H13FN4O3/c1-9-6-19-17(22-8-13(16(23)24)21-15(9)22)20-7-11-10-4-5-25-14(10)3-2-12(11)18/h2-6,8H,7H2,1H3,(H,19,20)(H,23,24). The topological polar surface area (TPSA) is 92.7 Å². The van der Waals surface area contributed by atoms with Gasteiger partial charge < -0.3 is 14.8 Å². The van der Waals surface area contributed by atoms with Gasteiger partial charge in [-0.25, -0.2) is 19.2 Å². The third-order valence-corrected chi connectivity index (χ3v) is 4.00. The number of aromatic nitrogens is 3. The van der Waals surface area contributed by atoms with Crippen LogP contribution in [-0.2, 0) is 6.54 Å². The molecule has 0 aliphatic heterocycles. The van der Waals surface area contributed by atoms with Crippen LogP contribution >= 0.6 is 0 Å². The maximum absolute atomic E-state index is 14.2. The van der Waals surface area contributed by atoms with Crippen molar-refractivity contribution in [3.8, 4) is 0 Å². The molecule has 8 heteroatoms. The molecule has 1 aromatic carbocycles. The molecule has 0 aliphatic rings. The average Bonchev–Trinajstić information content (AvgIpc) is 3.22. The molecule has 4 rings (SSSR count). The zero-order chi connectivity index (χ0) is 17.6. The van der Waals surface area contributed by atoms with Crippen molar-refractivity contribution in [1.29, 1.82) is 0 Å². The molecular formula is C17H13FN4O3. The zero-order valence-corrected chi connectivity index (χ0v) is 13.2. The van der Waals surface area contributed by atoms with Crippen molar-refractivity contribution >= 4 is 28.5 Å². The van der Waals surface area contributed by atoms with E-state index < -0.39 is 5.97 Å². The molecule has 0 bridgehead atoms. The van der Waals surface area contributed by atoms with Gasteiger partial charge in [0.05, 0.1) is 6.26 Å². The minimum Gasteiger partial charge on any atom is -0.476 e. The van der Waals surface area contributed by atoms with Crippen LogP contribution < -0.4 is 5.32 Å². The number of anilines is 1. The highest BCUT2D eigenvalue weighted by Gasteiger charge is 2.15. The fourth-order valence-corrected chi connectivity index (χ4v) is 2.76. The molecule has 2 N–H and O–H groups in total.